The predicted octanol–water partition coefficient (Wildman–Crippen LogP) is 3.32. The molecule has 0 aliphatic carbocycles. The zero-order valence-corrected chi connectivity index (χ0v) is 42.0. The Morgan fingerprint density at radius 3 is 1.53 bits per heavy atom. The lowest BCUT2D eigenvalue weighted by molar-refractivity contribution is -0.181. The number of hydroxylamine groups is 2. The van der Waals surface area contributed by atoms with E-state index in [9.17, 15) is 40.4 Å². The number of carbonyl (C=O) groups excluding carboxylic acids is 3. The highest BCUT2D eigenvalue weighted by Gasteiger charge is 2.34. The van der Waals surface area contributed by atoms with Gasteiger partial charge >= 0.3 is 22.2 Å². The van der Waals surface area contributed by atoms with Crippen LogP contribution in [0.2, 0.25) is 0 Å². The summed E-state index contributed by atoms with van der Waals surface area (Å²) in [5.74, 6) is -12.7. The largest absolute Gasteiger partial charge is 0.447 e. The van der Waals surface area contributed by atoms with Gasteiger partial charge in [0.25, 0.3) is 5.91 Å². The molecular weight excluding hydrogens is 1020 g/mol. The lowest BCUT2D eigenvalue weighted by atomic mass is 10.1. The second kappa shape index (κ2) is 37.7. The molecule has 2 aromatic rings. The Labute approximate surface area is 426 Å². The van der Waals surface area contributed by atoms with Crippen LogP contribution < -0.4 is 15.8 Å². The van der Waals surface area contributed by atoms with Gasteiger partial charge in [-0.05, 0) is 18.6 Å². The zero-order valence-electron chi connectivity index (χ0n) is 41.2. The van der Waals surface area contributed by atoms with Crippen LogP contribution in [0.3, 0.4) is 0 Å². The number of nitrogens with one attached hydrogen (secondary N) is 1. The van der Waals surface area contributed by atoms with Gasteiger partial charge in [-0.25, -0.2) is 23.6 Å². The number of aliphatic imine (C=N–C) groups is 1. The van der Waals surface area contributed by atoms with Crippen LogP contribution in [0.4, 0.5) is 28.0 Å². The van der Waals surface area contributed by atoms with Crippen LogP contribution in [0.25, 0.3) is 6.08 Å². The first-order valence-corrected chi connectivity index (χ1v) is 25.0. The molecule has 0 bridgehead atoms. The van der Waals surface area contributed by atoms with Gasteiger partial charge in [-0.15, -0.1) is 0 Å². The summed E-state index contributed by atoms with van der Waals surface area (Å²) in [6.45, 7) is 8.11. The van der Waals surface area contributed by atoms with Crippen LogP contribution in [-0.2, 0) is 76.7 Å². The second-order valence-electron chi connectivity index (χ2n) is 15.0. The van der Waals surface area contributed by atoms with Gasteiger partial charge in [-0.1, -0.05) is 25.1 Å². The normalized spacial score (nSPS) is 12.5. The van der Waals surface area contributed by atoms with Crippen LogP contribution in [0.15, 0.2) is 39.7 Å². The predicted molar refractivity (Wildman–Crippen MR) is 252 cm³/mol. The van der Waals surface area contributed by atoms with Crippen LogP contribution in [0, 0.1) is 23.3 Å². The standard InChI is InChI=1S/C46H66F4N4O19S/c1-2-9-54(45(56)35-32-34-5-3-4-6-36(34)53-37(51)33-35)72-11-8-52-46(57)71-31-30-70-29-28-69-27-26-68-25-24-67-23-22-66-21-20-65-19-18-64-17-16-63-15-14-62-13-12-61-10-7-38(55)73-43-39(47)41(49)44(74(58,59)60)42(50)40(43)48/h3-6,32H,2,7-31,33H2,1H3,(H2,51,53)(H,52,57)(H,58,59,60). The second-order valence-corrected chi connectivity index (χ2v) is 16.4. The van der Waals surface area contributed by atoms with Crippen molar-refractivity contribution in [1.29, 1.82) is 0 Å². The molecule has 1 aliphatic heterocycles. The number of fused-ring (bicyclic) bond motifs is 1. The van der Waals surface area contributed by atoms with Gasteiger partial charge in [0.2, 0.25) is 17.4 Å². The zero-order chi connectivity index (χ0) is 53.8. The van der Waals surface area contributed by atoms with Crippen molar-refractivity contribution in [2.75, 3.05) is 158 Å². The maximum atomic E-state index is 14.0. The van der Waals surface area contributed by atoms with Crippen LogP contribution in [-0.4, -0.2) is 200 Å². The summed E-state index contributed by atoms with van der Waals surface area (Å²) in [6.07, 6.45) is 1.40. The molecule has 0 spiro atoms. The van der Waals surface area contributed by atoms with E-state index in [4.69, 9.17) is 67.2 Å². The van der Waals surface area contributed by atoms with E-state index < -0.39 is 62.5 Å². The minimum Gasteiger partial charge on any atom is -0.447 e. The maximum Gasteiger partial charge on any atom is 0.407 e. The summed E-state index contributed by atoms with van der Waals surface area (Å²) >= 11 is 0. The Morgan fingerprint density at radius 1 is 0.649 bits per heavy atom. The van der Waals surface area contributed by atoms with E-state index in [1.165, 1.54) is 5.06 Å². The molecule has 0 radical (unpaired) electrons. The number of hydrogen-bond donors (Lipinski definition) is 3. The topological polar surface area (TPSA) is 279 Å². The van der Waals surface area contributed by atoms with Crippen molar-refractivity contribution in [2.45, 2.75) is 31.1 Å². The molecule has 2 aromatic carbocycles. The van der Waals surface area contributed by atoms with Crippen LogP contribution >= 0.6 is 0 Å². The Kier molecular flexibility index (Phi) is 32.3. The first-order chi connectivity index (χ1) is 35.7. The molecule has 0 fully saturated rings. The minimum atomic E-state index is -5.65. The van der Waals surface area contributed by atoms with Crippen LogP contribution in [0.5, 0.6) is 5.75 Å². The number of rotatable bonds is 42. The third-order valence-electron chi connectivity index (χ3n) is 9.36. The van der Waals surface area contributed by atoms with Gasteiger partial charge in [-0.2, -0.15) is 17.2 Å². The third kappa shape index (κ3) is 26.0. The number of halogens is 4. The molecule has 28 heteroatoms. The smallest absolute Gasteiger partial charge is 0.407 e. The quantitative estimate of drug-likeness (QED) is 0.0164. The van der Waals surface area contributed by atoms with E-state index in [0.717, 1.165) is 5.56 Å². The molecule has 23 nitrogen and oxygen atoms in total. The van der Waals surface area contributed by atoms with E-state index in [1.54, 1.807) is 6.08 Å². The van der Waals surface area contributed by atoms with Crippen LogP contribution in [0.1, 0.15) is 31.7 Å². The fraction of sp³-hybridized carbons (Fsp3) is 0.609. The maximum absolute atomic E-state index is 14.0. The molecule has 4 N–H and O–H groups in total. The van der Waals surface area contributed by atoms with E-state index in [1.807, 2.05) is 31.2 Å². The van der Waals surface area contributed by atoms with Crippen molar-refractivity contribution < 1.29 is 107 Å². The Hall–Kier alpha value is -4.95. The molecule has 3 rings (SSSR count). The fourth-order valence-corrected chi connectivity index (χ4v) is 6.56. The van der Waals surface area contributed by atoms with E-state index >= 15 is 0 Å². The summed E-state index contributed by atoms with van der Waals surface area (Å²) in [5.41, 5.74) is 7.99. The van der Waals surface area contributed by atoms with Gasteiger partial charge in [0.1, 0.15) is 12.4 Å². The number of nitrogens with two attached hydrogens (primary N) is 1. The van der Waals surface area contributed by atoms with Gasteiger partial charge in [-0.3, -0.25) is 19.0 Å². The average Bonchev–Trinajstić information content (AvgIpc) is 3.54. The molecular formula is C46H66F4N4O19S. The van der Waals surface area contributed by atoms with Crippen molar-refractivity contribution >= 4 is 45.7 Å². The number of hydrogen-bond acceptors (Lipinski definition) is 20. The number of alkyl carbamates (subject to hydrolysis) is 1. The summed E-state index contributed by atoms with van der Waals surface area (Å²) in [6, 6.07) is 7.41. The van der Waals surface area contributed by atoms with Crippen molar-refractivity contribution in [3.05, 3.63) is 58.7 Å². The van der Waals surface area contributed by atoms with Crippen molar-refractivity contribution in [1.82, 2.24) is 10.4 Å². The first-order valence-electron chi connectivity index (χ1n) is 23.5. The number of benzene rings is 2. The van der Waals surface area contributed by atoms with E-state index in [0.29, 0.717) is 123 Å². The lowest BCUT2D eigenvalue weighted by Crippen LogP contribution is -2.37. The van der Waals surface area contributed by atoms with Crippen molar-refractivity contribution in [2.24, 2.45) is 10.7 Å². The molecule has 2 amide bonds. The third-order valence-corrected chi connectivity index (χ3v) is 10.2. The molecule has 1 aliphatic rings. The highest BCUT2D eigenvalue weighted by atomic mass is 32.2. The van der Waals surface area contributed by atoms with Crippen molar-refractivity contribution in [3.63, 3.8) is 0 Å². The molecule has 1 heterocycles. The average molecular weight is 1090 g/mol. The minimum absolute atomic E-state index is 0.0158. The highest BCUT2D eigenvalue weighted by Crippen LogP contribution is 2.33. The van der Waals surface area contributed by atoms with E-state index in [2.05, 4.69) is 15.0 Å². The van der Waals surface area contributed by atoms with E-state index in [-0.39, 0.29) is 71.7 Å². The SMILES string of the molecule is CCCN(OCCNC(=O)OCCOCCOCCOCCOCCOCCOCCOCCOCCOCCOCCC(=O)Oc1c(F)c(F)c(S(=O)(=O)O)c(F)c1F)C(=O)C1=Cc2ccccc2N=C(N)C1. The van der Waals surface area contributed by atoms with Gasteiger partial charge in [0.15, 0.2) is 16.5 Å². The monoisotopic (exact) mass is 1090 g/mol. The molecule has 0 atom stereocenters. The molecule has 0 saturated carbocycles. The number of carbonyl (C=O) groups is 3. The lowest BCUT2D eigenvalue weighted by Gasteiger charge is -2.22. The number of nitrogens with zero attached hydrogens (tertiary/aromatic N) is 2. The first kappa shape index (κ1) is 63.3. The number of amidine groups is 1. The highest BCUT2D eigenvalue weighted by molar-refractivity contribution is 7.85. The van der Waals surface area contributed by atoms with Gasteiger partial charge in [0.05, 0.1) is 151 Å². The van der Waals surface area contributed by atoms with Crippen molar-refractivity contribution in [3.8, 4) is 5.75 Å². The van der Waals surface area contributed by atoms with Gasteiger partial charge < -0.3 is 67.9 Å². The molecule has 0 unspecified atom stereocenters. The molecule has 74 heavy (non-hydrogen) atoms. The summed E-state index contributed by atoms with van der Waals surface area (Å²) in [5, 5.41) is 3.85. The molecule has 418 valence electrons. The number of amides is 2. The fourth-order valence-electron chi connectivity index (χ4n) is 5.93. The molecule has 0 aromatic heterocycles. The Bertz CT molecular complexity index is 2130. The Morgan fingerprint density at radius 2 is 1.08 bits per heavy atom. The summed E-state index contributed by atoms with van der Waals surface area (Å²) < 4.78 is 150. The summed E-state index contributed by atoms with van der Waals surface area (Å²) in [7, 11) is -5.65. The Balaban J connectivity index is 0.986. The molecule has 0 saturated heterocycles. The summed E-state index contributed by atoms with van der Waals surface area (Å²) in [4.78, 5) is 45.0. The number of ether oxygens (including phenoxy) is 12. The number of para-hydroxylation sites is 1. The van der Waals surface area contributed by atoms with Gasteiger partial charge in [0, 0.05) is 30.6 Å². The number of esters is 1.